The van der Waals surface area contributed by atoms with E-state index < -0.39 is 0 Å². The second kappa shape index (κ2) is 2.21. The molecule has 0 aromatic heterocycles. The highest BCUT2D eigenvalue weighted by atomic mass is 16.1. The standard InChI is InChI=1S/C11H14O/c12-11-4-2-8-5-7-1-3-9(8)10(11)6-7/h1,3,7-10H,2,4-6H2. The third kappa shape index (κ3) is 0.769. The van der Waals surface area contributed by atoms with Crippen molar-refractivity contribution in [3.8, 4) is 0 Å². The van der Waals surface area contributed by atoms with Gasteiger partial charge in [-0.3, -0.25) is 4.79 Å². The lowest BCUT2D eigenvalue weighted by atomic mass is 9.57. The monoisotopic (exact) mass is 162 g/mol. The van der Waals surface area contributed by atoms with E-state index in [0.29, 0.717) is 17.6 Å². The molecule has 2 saturated carbocycles. The summed E-state index contributed by atoms with van der Waals surface area (Å²) in [6.45, 7) is 0. The van der Waals surface area contributed by atoms with E-state index in [1.54, 1.807) is 0 Å². The van der Waals surface area contributed by atoms with Crippen LogP contribution in [0.4, 0.5) is 0 Å². The molecule has 4 rings (SSSR count). The second-order valence-corrected chi connectivity index (χ2v) is 4.57. The highest BCUT2D eigenvalue weighted by molar-refractivity contribution is 5.83. The average molecular weight is 162 g/mol. The predicted molar refractivity (Wildman–Crippen MR) is 46.6 cm³/mol. The van der Waals surface area contributed by atoms with Crippen molar-refractivity contribution in [2.45, 2.75) is 25.7 Å². The van der Waals surface area contributed by atoms with Gasteiger partial charge in [0.05, 0.1) is 0 Å². The van der Waals surface area contributed by atoms with E-state index in [9.17, 15) is 4.79 Å². The molecule has 64 valence electrons. The number of carbonyl (C=O) groups is 1. The van der Waals surface area contributed by atoms with Crippen molar-refractivity contribution in [1.29, 1.82) is 0 Å². The zero-order valence-corrected chi connectivity index (χ0v) is 7.20. The van der Waals surface area contributed by atoms with E-state index >= 15 is 0 Å². The molecule has 1 nitrogen and oxygen atoms in total. The molecule has 1 heteroatoms. The van der Waals surface area contributed by atoms with Crippen LogP contribution in [0.15, 0.2) is 12.2 Å². The van der Waals surface area contributed by atoms with Crippen molar-refractivity contribution in [3.63, 3.8) is 0 Å². The quantitative estimate of drug-likeness (QED) is 0.499. The first-order valence-electron chi connectivity index (χ1n) is 5.05. The number of hydrogen-bond donors (Lipinski definition) is 0. The van der Waals surface area contributed by atoms with Crippen LogP contribution >= 0.6 is 0 Å². The molecule has 2 fully saturated rings. The van der Waals surface area contributed by atoms with Gasteiger partial charge in [0, 0.05) is 12.3 Å². The Morgan fingerprint density at radius 2 is 2.17 bits per heavy atom. The molecule has 0 saturated heterocycles. The summed E-state index contributed by atoms with van der Waals surface area (Å²) < 4.78 is 0. The summed E-state index contributed by atoms with van der Waals surface area (Å²) in [5.41, 5.74) is 0. The predicted octanol–water partition coefficient (Wildman–Crippen LogP) is 2.18. The van der Waals surface area contributed by atoms with Crippen molar-refractivity contribution < 1.29 is 4.79 Å². The molecule has 0 radical (unpaired) electrons. The number of ketones is 1. The molecule has 0 heterocycles. The third-order valence-electron chi connectivity index (χ3n) is 3.95. The topological polar surface area (TPSA) is 17.1 Å². The van der Waals surface area contributed by atoms with Crippen LogP contribution in [0.25, 0.3) is 0 Å². The highest BCUT2D eigenvalue weighted by Gasteiger charge is 2.44. The van der Waals surface area contributed by atoms with Gasteiger partial charge in [0.25, 0.3) is 0 Å². The minimum atomic E-state index is 0.424. The molecule has 0 aromatic rings. The lowest BCUT2D eigenvalue weighted by Gasteiger charge is -2.46. The third-order valence-corrected chi connectivity index (χ3v) is 3.95. The van der Waals surface area contributed by atoms with Gasteiger partial charge in [-0.05, 0) is 37.0 Å². The van der Waals surface area contributed by atoms with Crippen LogP contribution in [0.2, 0.25) is 0 Å². The molecule has 4 aliphatic carbocycles. The first kappa shape index (κ1) is 6.88. The number of carbonyl (C=O) groups excluding carboxylic acids is 1. The Balaban J connectivity index is 2.00. The van der Waals surface area contributed by atoms with Gasteiger partial charge < -0.3 is 0 Å². The minimum Gasteiger partial charge on any atom is -0.299 e. The van der Waals surface area contributed by atoms with Crippen LogP contribution < -0.4 is 0 Å². The van der Waals surface area contributed by atoms with Gasteiger partial charge in [0.15, 0.2) is 0 Å². The summed E-state index contributed by atoms with van der Waals surface area (Å²) in [5, 5.41) is 0. The zero-order chi connectivity index (χ0) is 8.13. The number of allylic oxidation sites excluding steroid dienone is 2. The van der Waals surface area contributed by atoms with Gasteiger partial charge in [-0.1, -0.05) is 12.2 Å². The normalized spacial score (nSPS) is 49.8. The molecule has 4 aliphatic rings. The number of rotatable bonds is 0. The van der Waals surface area contributed by atoms with E-state index in [1.165, 1.54) is 12.8 Å². The van der Waals surface area contributed by atoms with Crippen molar-refractivity contribution in [3.05, 3.63) is 12.2 Å². The van der Waals surface area contributed by atoms with Gasteiger partial charge >= 0.3 is 0 Å². The van der Waals surface area contributed by atoms with Crippen LogP contribution in [-0.4, -0.2) is 5.78 Å². The van der Waals surface area contributed by atoms with Crippen molar-refractivity contribution in [2.75, 3.05) is 0 Å². The molecule has 0 amide bonds. The molecule has 0 aliphatic heterocycles. The molecule has 4 unspecified atom stereocenters. The van der Waals surface area contributed by atoms with Gasteiger partial charge in [0.1, 0.15) is 5.78 Å². The Morgan fingerprint density at radius 1 is 1.25 bits per heavy atom. The van der Waals surface area contributed by atoms with Crippen LogP contribution in [-0.2, 0) is 4.79 Å². The molecule has 12 heavy (non-hydrogen) atoms. The van der Waals surface area contributed by atoms with Crippen molar-refractivity contribution in [1.82, 2.24) is 0 Å². The Hall–Kier alpha value is -0.590. The van der Waals surface area contributed by atoms with Crippen LogP contribution in [0.1, 0.15) is 25.7 Å². The Bertz CT molecular complexity index is 254. The lowest BCUT2D eigenvalue weighted by molar-refractivity contribution is -0.130. The van der Waals surface area contributed by atoms with E-state index in [4.69, 9.17) is 0 Å². The van der Waals surface area contributed by atoms with Crippen LogP contribution in [0.5, 0.6) is 0 Å². The second-order valence-electron chi connectivity index (χ2n) is 4.57. The molecule has 0 N–H and O–H groups in total. The Labute approximate surface area is 72.8 Å². The lowest BCUT2D eigenvalue weighted by Crippen LogP contribution is -2.42. The van der Waals surface area contributed by atoms with Crippen molar-refractivity contribution in [2.24, 2.45) is 23.7 Å². The fourth-order valence-electron chi connectivity index (χ4n) is 3.36. The number of Topliss-reactive ketones (excluding diaryl/α,β-unsaturated/α-hetero) is 1. The first-order valence-corrected chi connectivity index (χ1v) is 5.05. The molecule has 4 bridgehead atoms. The Kier molecular flexibility index (Phi) is 1.27. The summed E-state index contributed by atoms with van der Waals surface area (Å²) in [6.07, 6.45) is 9.23. The van der Waals surface area contributed by atoms with Gasteiger partial charge in [0.2, 0.25) is 0 Å². The van der Waals surface area contributed by atoms with Crippen LogP contribution in [0.3, 0.4) is 0 Å². The SMILES string of the molecule is O=C1CCC2CC3C=CC2C1C3. The maximum atomic E-state index is 11.6. The maximum Gasteiger partial charge on any atom is 0.136 e. The van der Waals surface area contributed by atoms with E-state index in [1.807, 2.05) is 0 Å². The molecule has 0 spiro atoms. The summed E-state index contributed by atoms with van der Waals surface area (Å²) in [4.78, 5) is 11.6. The molecular weight excluding hydrogens is 148 g/mol. The summed E-state index contributed by atoms with van der Waals surface area (Å²) in [7, 11) is 0. The first-order chi connectivity index (χ1) is 5.84. The van der Waals surface area contributed by atoms with Gasteiger partial charge in [-0.15, -0.1) is 0 Å². The zero-order valence-electron chi connectivity index (χ0n) is 7.20. The highest BCUT2D eigenvalue weighted by Crippen LogP contribution is 2.49. The van der Waals surface area contributed by atoms with Crippen LogP contribution in [0, 0.1) is 23.7 Å². The maximum absolute atomic E-state index is 11.6. The van der Waals surface area contributed by atoms with Gasteiger partial charge in [-0.25, -0.2) is 0 Å². The fourth-order valence-corrected chi connectivity index (χ4v) is 3.36. The van der Waals surface area contributed by atoms with Gasteiger partial charge in [-0.2, -0.15) is 0 Å². The van der Waals surface area contributed by atoms with Crippen molar-refractivity contribution >= 4 is 5.78 Å². The molecule has 4 atom stereocenters. The summed E-state index contributed by atoms with van der Waals surface area (Å²) >= 11 is 0. The van der Waals surface area contributed by atoms with E-state index in [2.05, 4.69) is 12.2 Å². The average Bonchev–Trinajstić information content (AvgIpc) is 2.13. The minimum absolute atomic E-state index is 0.424. The number of hydrogen-bond acceptors (Lipinski definition) is 1. The Morgan fingerprint density at radius 3 is 2.92 bits per heavy atom. The van der Waals surface area contributed by atoms with E-state index in [-0.39, 0.29) is 0 Å². The smallest absolute Gasteiger partial charge is 0.136 e. The fraction of sp³-hybridized carbons (Fsp3) is 0.727. The summed E-state index contributed by atoms with van der Waals surface area (Å²) in [5.74, 6) is 3.21. The molecule has 0 aromatic carbocycles. The largest absolute Gasteiger partial charge is 0.299 e. The van der Waals surface area contributed by atoms with E-state index in [0.717, 1.165) is 24.7 Å². The summed E-state index contributed by atoms with van der Waals surface area (Å²) in [6, 6.07) is 0. The molecular formula is C11H14O.